The van der Waals surface area contributed by atoms with Crippen LogP contribution in [0.5, 0.6) is 0 Å². The highest BCUT2D eigenvalue weighted by atomic mass is 16.4. The van der Waals surface area contributed by atoms with Crippen molar-refractivity contribution in [3.63, 3.8) is 0 Å². The largest absolute Gasteiger partial charge is 0.478 e. The maximum atomic E-state index is 11.1. The molecule has 0 unspecified atom stereocenters. The molecule has 0 aliphatic rings. The van der Waals surface area contributed by atoms with Gasteiger partial charge in [0, 0.05) is 0 Å². The second-order valence-corrected chi connectivity index (χ2v) is 3.28. The van der Waals surface area contributed by atoms with Crippen LogP contribution in [0.15, 0.2) is 12.1 Å². The first-order valence-corrected chi connectivity index (χ1v) is 4.50. The molecule has 6 N–H and O–H groups in total. The fraction of sp³-hybridized carbons (Fsp3) is 0. The zero-order valence-corrected chi connectivity index (χ0v) is 8.84. The lowest BCUT2D eigenvalue weighted by Crippen LogP contribution is -2.23. The molecule has 1 rings (SSSR count). The number of amides is 2. The summed E-state index contributed by atoms with van der Waals surface area (Å²) in [5.41, 5.74) is 7.74. The Labute approximate surface area is 99.8 Å². The SMILES string of the molecule is NC(=O)c1cc(C(=O)O)c(C(=O)O)cc1C(N)=O. The van der Waals surface area contributed by atoms with Gasteiger partial charge in [-0.15, -0.1) is 0 Å². The fourth-order valence-corrected chi connectivity index (χ4v) is 1.36. The Morgan fingerprint density at radius 1 is 0.722 bits per heavy atom. The van der Waals surface area contributed by atoms with Gasteiger partial charge in [0.1, 0.15) is 0 Å². The first-order chi connectivity index (χ1) is 8.25. The van der Waals surface area contributed by atoms with Gasteiger partial charge in [0.15, 0.2) is 0 Å². The summed E-state index contributed by atoms with van der Waals surface area (Å²) in [4.78, 5) is 43.8. The number of carboxylic acids is 2. The standard InChI is InChI=1S/C10H8N2O6/c11-7(13)3-1-5(9(15)16)6(10(17)18)2-4(3)8(12)14/h1-2H,(H2,11,13)(H2,12,14)(H,15,16)(H,17,18). The van der Waals surface area contributed by atoms with E-state index < -0.39 is 46.0 Å². The molecule has 1 aromatic rings. The van der Waals surface area contributed by atoms with Crippen LogP contribution in [-0.4, -0.2) is 34.0 Å². The monoisotopic (exact) mass is 252 g/mol. The van der Waals surface area contributed by atoms with Gasteiger partial charge in [-0.3, -0.25) is 9.59 Å². The second-order valence-electron chi connectivity index (χ2n) is 3.28. The van der Waals surface area contributed by atoms with E-state index in [2.05, 4.69) is 0 Å². The van der Waals surface area contributed by atoms with Crippen LogP contribution in [0.3, 0.4) is 0 Å². The molecule has 18 heavy (non-hydrogen) atoms. The van der Waals surface area contributed by atoms with Gasteiger partial charge in [0.2, 0.25) is 11.8 Å². The van der Waals surface area contributed by atoms with E-state index in [0.29, 0.717) is 12.1 Å². The minimum atomic E-state index is -1.56. The van der Waals surface area contributed by atoms with Crippen molar-refractivity contribution in [3.05, 3.63) is 34.4 Å². The van der Waals surface area contributed by atoms with Gasteiger partial charge < -0.3 is 21.7 Å². The lowest BCUT2D eigenvalue weighted by Gasteiger charge is -2.08. The number of carbonyl (C=O) groups is 4. The quantitative estimate of drug-likeness (QED) is 0.552. The highest BCUT2D eigenvalue weighted by Crippen LogP contribution is 2.17. The van der Waals surface area contributed by atoms with Crippen molar-refractivity contribution >= 4 is 23.8 Å². The lowest BCUT2D eigenvalue weighted by molar-refractivity contribution is 0.0651. The number of hydrogen-bond acceptors (Lipinski definition) is 4. The van der Waals surface area contributed by atoms with Crippen molar-refractivity contribution in [2.75, 3.05) is 0 Å². The van der Waals surface area contributed by atoms with Crippen molar-refractivity contribution in [2.45, 2.75) is 0 Å². The Bertz CT molecular complexity index is 480. The topological polar surface area (TPSA) is 161 Å². The maximum Gasteiger partial charge on any atom is 0.336 e. The van der Waals surface area contributed by atoms with Crippen LogP contribution in [0.25, 0.3) is 0 Å². The summed E-state index contributed by atoms with van der Waals surface area (Å²) in [6.07, 6.45) is 0. The average molecular weight is 252 g/mol. The molecule has 8 heteroatoms. The van der Waals surface area contributed by atoms with Crippen molar-refractivity contribution in [2.24, 2.45) is 11.5 Å². The maximum absolute atomic E-state index is 11.1. The highest BCUT2D eigenvalue weighted by Gasteiger charge is 2.23. The van der Waals surface area contributed by atoms with Gasteiger partial charge in [-0.1, -0.05) is 0 Å². The van der Waals surface area contributed by atoms with E-state index in [0.717, 1.165) is 0 Å². The average Bonchev–Trinajstić information content (AvgIpc) is 2.26. The Hall–Kier alpha value is -2.90. The molecule has 0 saturated heterocycles. The van der Waals surface area contributed by atoms with Crippen molar-refractivity contribution in [1.82, 2.24) is 0 Å². The van der Waals surface area contributed by atoms with Crippen LogP contribution < -0.4 is 11.5 Å². The number of hydrogen-bond donors (Lipinski definition) is 4. The van der Waals surface area contributed by atoms with Crippen molar-refractivity contribution in [1.29, 1.82) is 0 Å². The summed E-state index contributed by atoms with van der Waals surface area (Å²) >= 11 is 0. The van der Waals surface area contributed by atoms with Crippen molar-refractivity contribution in [3.8, 4) is 0 Å². The van der Waals surface area contributed by atoms with Crippen molar-refractivity contribution < 1.29 is 29.4 Å². The molecular formula is C10H8N2O6. The van der Waals surface area contributed by atoms with E-state index in [-0.39, 0.29) is 0 Å². The molecule has 0 saturated carbocycles. The first-order valence-electron chi connectivity index (χ1n) is 4.50. The molecule has 0 heterocycles. The van der Waals surface area contributed by atoms with Crippen LogP contribution >= 0.6 is 0 Å². The van der Waals surface area contributed by atoms with Crippen LogP contribution in [0.2, 0.25) is 0 Å². The Kier molecular flexibility index (Phi) is 3.32. The Morgan fingerprint density at radius 2 is 1.00 bits per heavy atom. The normalized spacial score (nSPS) is 9.78. The molecule has 0 aromatic heterocycles. The molecule has 0 aliphatic carbocycles. The summed E-state index contributed by atoms with van der Waals surface area (Å²) in [5, 5.41) is 17.6. The molecule has 94 valence electrons. The van der Waals surface area contributed by atoms with E-state index >= 15 is 0 Å². The summed E-state index contributed by atoms with van der Waals surface area (Å²) in [5.74, 6) is -5.29. The fourth-order valence-electron chi connectivity index (χ4n) is 1.36. The molecule has 8 nitrogen and oxygen atoms in total. The number of rotatable bonds is 4. The van der Waals surface area contributed by atoms with Crippen LogP contribution in [0.1, 0.15) is 41.4 Å². The van der Waals surface area contributed by atoms with E-state index in [1.54, 1.807) is 0 Å². The minimum absolute atomic E-state index is 0.440. The van der Waals surface area contributed by atoms with Crippen LogP contribution in [-0.2, 0) is 0 Å². The third kappa shape index (κ3) is 2.26. The number of carbonyl (C=O) groups excluding carboxylic acids is 2. The first kappa shape index (κ1) is 13.2. The molecule has 2 amide bonds. The number of carboxylic acid groups (broad SMARTS) is 2. The van der Waals surface area contributed by atoms with Gasteiger partial charge in [0.25, 0.3) is 0 Å². The molecule has 0 atom stereocenters. The van der Waals surface area contributed by atoms with E-state index in [4.69, 9.17) is 21.7 Å². The lowest BCUT2D eigenvalue weighted by atomic mass is 9.97. The predicted octanol–water partition coefficient (Wildman–Crippen LogP) is -0.719. The zero-order valence-electron chi connectivity index (χ0n) is 8.84. The van der Waals surface area contributed by atoms with Crippen LogP contribution in [0.4, 0.5) is 0 Å². The molecule has 0 bridgehead atoms. The molecule has 1 aromatic carbocycles. The third-order valence-electron chi connectivity index (χ3n) is 2.15. The number of benzene rings is 1. The number of nitrogens with two attached hydrogens (primary N) is 2. The zero-order chi connectivity index (χ0) is 14.0. The summed E-state index contributed by atoms with van der Waals surface area (Å²) in [6.45, 7) is 0. The summed E-state index contributed by atoms with van der Waals surface area (Å²) in [6, 6.07) is 1.43. The minimum Gasteiger partial charge on any atom is -0.478 e. The van der Waals surface area contributed by atoms with Gasteiger partial charge in [-0.25, -0.2) is 9.59 Å². The molecule has 0 spiro atoms. The molecule has 0 aliphatic heterocycles. The van der Waals surface area contributed by atoms with Gasteiger partial charge in [0.05, 0.1) is 22.3 Å². The van der Waals surface area contributed by atoms with Gasteiger partial charge in [-0.05, 0) is 12.1 Å². The third-order valence-corrected chi connectivity index (χ3v) is 2.15. The Morgan fingerprint density at radius 3 is 1.17 bits per heavy atom. The van der Waals surface area contributed by atoms with Gasteiger partial charge in [-0.2, -0.15) is 0 Å². The van der Waals surface area contributed by atoms with E-state index in [9.17, 15) is 19.2 Å². The van der Waals surface area contributed by atoms with Gasteiger partial charge >= 0.3 is 11.9 Å². The number of aromatic carboxylic acids is 2. The summed E-state index contributed by atoms with van der Waals surface area (Å²) in [7, 11) is 0. The second kappa shape index (κ2) is 4.53. The smallest absolute Gasteiger partial charge is 0.336 e. The van der Waals surface area contributed by atoms with E-state index in [1.807, 2.05) is 0 Å². The highest BCUT2D eigenvalue weighted by molar-refractivity contribution is 6.11. The molecule has 0 radical (unpaired) electrons. The molecule has 0 fully saturated rings. The van der Waals surface area contributed by atoms with Crippen LogP contribution in [0, 0.1) is 0 Å². The van der Waals surface area contributed by atoms with E-state index in [1.165, 1.54) is 0 Å². The summed E-state index contributed by atoms with van der Waals surface area (Å²) < 4.78 is 0. The molecular weight excluding hydrogens is 244 g/mol. The number of primary amides is 2. The predicted molar refractivity (Wildman–Crippen MR) is 57.4 cm³/mol. The Balaban J connectivity index is 3.71.